The van der Waals surface area contributed by atoms with Crippen LogP contribution in [0, 0.1) is 5.92 Å². The fraction of sp³-hybridized carbons (Fsp3) is 0.576. The standard InChI is InChI=1S/C33H48N2O4/c1-23(2)19-26-20-24(15-18-29(26)39-33(6,7)30(36)38-9)11-10-12-28-22-35(31(37)34(28)8)21-25-13-16-27(17-14-25)32(3,4)5/h13-18,20,23,28H,10-12,19,21-22H2,1-9H3/t28-/m0/s1. The van der Waals surface area contributed by atoms with Crippen molar-refractivity contribution >= 4 is 12.0 Å². The normalized spacial score (nSPS) is 16.3. The van der Waals surface area contributed by atoms with Gasteiger partial charge in [0, 0.05) is 20.1 Å². The molecule has 39 heavy (non-hydrogen) atoms. The molecule has 0 N–H and O–H groups in total. The highest BCUT2D eigenvalue weighted by Gasteiger charge is 2.34. The number of ether oxygens (including phenoxy) is 2. The van der Waals surface area contributed by atoms with Gasteiger partial charge in [-0.15, -0.1) is 0 Å². The summed E-state index contributed by atoms with van der Waals surface area (Å²) in [5.41, 5.74) is 3.89. The van der Waals surface area contributed by atoms with E-state index in [4.69, 9.17) is 9.47 Å². The predicted molar refractivity (Wildman–Crippen MR) is 157 cm³/mol. The van der Waals surface area contributed by atoms with Crippen LogP contribution in [0.25, 0.3) is 0 Å². The maximum atomic E-state index is 13.0. The largest absolute Gasteiger partial charge is 0.476 e. The van der Waals surface area contributed by atoms with Crippen LogP contribution in [0.1, 0.15) is 83.6 Å². The van der Waals surface area contributed by atoms with Crippen LogP contribution >= 0.6 is 0 Å². The molecule has 0 spiro atoms. The van der Waals surface area contributed by atoms with Crippen molar-refractivity contribution < 1.29 is 19.1 Å². The molecule has 214 valence electrons. The van der Waals surface area contributed by atoms with Gasteiger partial charge in [-0.05, 0) is 79.2 Å². The van der Waals surface area contributed by atoms with Crippen LogP contribution in [0.2, 0.25) is 0 Å². The molecule has 0 saturated carbocycles. The lowest BCUT2D eigenvalue weighted by Crippen LogP contribution is -2.39. The first kappa shape index (κ1) is 30.5. The Balaban J connectivity index is 1.60. The Bertz CT molecular complexity index is 1130. The van der Waals surface area contributed by atoms with E-state index in [0.717, 1.165) is 43.5 Å². The highest BCUT2D eigenvalue weighted by molar-refractivity contribution is 5.79. The topological polar surface area (TPSA) is 59.1 Å². The van der Waals surface area contributed by atoms with Gasteiger partial charge in [0.15, 0.2) is 5.60 Å². The number of urea groups is 1. The lowest BCUT2D eigenvalue weighted by Gasteiger charge is -2.25. The van der Waals surface area contributed by atoms with Gasteiger partial charge in [-0.2, -0.15) is 0 Å². The predicted octanol–water partition coefficient (Wildman–Crippen LogP) is 6.77. The average molecular weight is 537 g/mol. The highest BCUT2D eigenvalue weighted by atomic mass is 16.6. The summed E-state index contributed by atoms with van der Waals surface area (Å²) in [6.45, 7) is 15.9. The fourth-order valence-electron chi connectivity index (χ4n) is 5.17. The van der Waals surface area contributed by atoms with Crippen molar-refractivity contribution in [2.45, 2.75) is 97.8 Å². The van der Waals surface area contributed by atoms with Crippen molar-refractivity contribution in [3.05, 3.63) is 64.7 Å². The van der Waals surface area contributed by atoms with Crippen molar-refractivity contribution in [3.8, 4) is 5.75 Å². The van der Waals surface area contributed by atoms with Crippen LogP contribution in [0.5, 0.6) is 5.75 Å². The second-order valence-corrected chi connectivity index (χ2v) is 12.9. The number of nitrogens with zero attached hydrogens (tertiary/aromatic N) is 2. The number of esters is 1. The van der Waals surface area contributed by atoms with Crippen LogP contribution in [-0.4, -0.2) is 54.1 Å². The van der Waals surface area contributed by atoms with Gasteiger partial charge >= 0.3 is 12.0 Å². The molecule has 0 unspecified atom stereocenters. The van der Waals surface area contributed by atoms with E-state index in [1.54, 1.807) is 13.8 Å². The zero-order valence-electron chi connectivity index (χ0n) is 25.5. The minimum Gasteiger partial charge on any atom is -0.476 e. The minimum absolute atomic E-state index is 0.105. The maximum absolute atomic E-state index is 13.0. The molecule has 0 bridgehead atoms. The van der Waals surface area contributed by atoms with E-state index in [0.29, 0.717) is 12.5 Å². The number of methoxy groups -OCH3 is 1. The Hall–Kier alpha value is -3.02. The van der Waals surface area contributed by atoms with Gasteiger partial charge in [0.1, 0.15) is 5.75 Å². The molecule has 0 radical (unpaired) electrons. The monoisotopic (exact) mass is 536 g/mol. The molecule has 1 atom stereocenters. The SMILES string of the molecule is COC(=O)C(C)(C)Oc1ccc(CCC[C@H]2CN(Cc3ccc(C(C)(C)C)cc3)C(=O)N2C)cc1CC(C)C. The van der Waals surface area contributed by atoms with Gasteiger partial charge < -0.3 is 19.3 Å². The summed E-state index contributed by atoms with van der Waals surface area (Å²) in [4.78, 5) is 29.0. The minimum atomic E-state index is -1.05. The average Bonchev–Trinajstić information content (AvgIpc) is 3.12. The van der Waals surface area contributed by atoms with Gasteiger partial charge in [-0.25, -0.2) is 9.59 Å². The summed E-state index contributed by atoms with van der Waals surface area (Å²) < 4.78 is 11.0. The smallest absolute Gasteiger partial charge is 0.349 e. The molecule has 1 aliphatic rings. The number of rotatable bonds is 11. The maximum Gasteiger partial charge on any atom is 0.349 e. The van der Waals surface area contributed by atoms with E-state index in [-0.39, 0.29) is 17.5 Å². The number of hydrogen-bond donors (Lipinski definition) is 0. The van der Waals surface area contributed by atoms with Gasteiger partial charge in [0.05, 0.1) is 13.2 Å². The van der Waals surface area contributed by atoms with E-state index in [1.165, 1.54) is 23.8 Å². The fourth-order valence-corrected chi connectivity index (χ4v) is 5.17. The zero-order valence-corrected chi connectivity index (χ0v) is 25.5. The van der Waals surface area contributed by atoms with Gasteiger partial charge in [0.25, 0.3) is 0 Å². The van der Waals surface area contributed by atoms with E-state index in [2.05, 4.69) is 71.0 Å². The Labute approximate surface area is 235 Å². The van der Waals surface area contributed by atoms with Crippen molar-refractivity contribution in [1.29, 1.82) is 0 Å². The molecule has 2 aromatic rings. The number of benzene rings is 2. The van der Waals surface area contributed by atoms with E-state index in [1.807, 2.05) is 22.9 Å². The van der Waals surface area contributed by atoms with Gasteiger partial charge in [-0.3, -0.25) is 0 Å². The Morgan fingerprint density at radius 3 is 2.26 bits per heavy atom. The number of amides is 2. The summed E-state index contributed by atoms with van der Waals surface area (Å²) in [5.74, 6) is 0.793. The number of carbonyl (C=O) groups excluding carboxylic acids is 2. The van der Waals surface area contributed by atoms with Crippen LogP contribution < -0.4 is 4.74 Å². The Morgan fingerprint density at radius 1 is 1.03 bits per heavy atom. The first-order valence-corrected chi connectivity index (χ1v) is 14.2. The van der Waals surface area contributed by atoms with Crippen molar-refractivity contribution in [3.63, 3.8) is 0 Å². The lowest BCUT2D eigenvalue weighted by molar-refractivity contribution is -0.156. The second kappa shape index (κ2) is 12.4. The summed E-state index contributed by atoms with van der Waals surface area (Å²) >= 11 is 0. The molecule has 6 nitrogen and oxygen atoms in total. The van der Waals surface area contributed by atoms with Crippen LogP contribution in [0.3, 0.4) is 0 Å². The highest BCUT2D eigenvalue weighted by Crippen LogP contribution is 2.29. The zero-order chi connectivity index (χ0) is 29.0. The summed E-state index contributed by atoms with van der Waals surface area (Å²) in [6.07, 6.45) is 3.74. The molecule has 1 fully saturated rings. The van der Waals surface area contributed by atoms with E-state index in [9.17, 15) is 9.59 Å². The third kappa shape index (κ3) is 8.00. The summed E-state index contributed by atoms with van der Waals surface area (Å²) in [7, 11) is 3.30. The third-order valence-electron chi connectivity index (χ3n) is 7.54. The van der Waals surface area contributed by atoms with Crippen LogP contribution in [0.15, 0.2) is 42.5 Å². The molecule has 0 aromatic heterocycles. The molecule has 1 aliphatic heterocycles. The Morgan fingerprint density at radius 2 is 1.67 bits per heavy atom. The molecule has 3 rings (SSSR count). The first-order chi connectivity index (χ1) is 18.2. The molecular weight excluding hydrogens is 488 g/mol. The summed E-state index contributed by atoms with van der Waals surface area (Å²) in [6, 6.07) is 15.2. The number of carbonyl (C=O) groups is 2. The third-order valence-corrected chi connectivity index (χ3v) is 7.54. The van der Waals surface area contributed by atoms with Crippen molar-refractivity contribution in [2.75, 3.05) is 20.7 Å². The molecule has 1 heterocycles. The van der Waals surface area contributed by atoms with Crippen molar-refractivity contribution in [2.24, 2.45) is 5.92 Å². The molecule has 2 amide bonds. The van der Waals surface area contributed by atoms with Gasteiger partial charge in [0.2, 0.25) is 0 Å². The lowest BCUT2D eigenvalue weighted by atomic mass is 9.87. The van der Waals surface area contributed by atoms with Crippen LogP contribution in [-0.2, 0) is 34.3 Å². The quantitative estimate of drug-likeness (QED) is 0.297. The number of hydrogen-bond acceptors (Lipinski definition) is 4. The molecule has 0 aliphatic carbocycles. The molecule has 2 aromatic carbocycles. The molecule has 1 saturated heterocycles. The first-order valence-electron chi connectivity index (χ1n) is 14.2. The number of aryl methyl sites for hydroxylation is 1. The molecular formula is C33H48N2O4. The summed E-state index contributed by atoms with van der Waals surface area (Å²) in [5, 5.41) is 0. The van der Waals surface area contributed by atoms with Gasteiger partial charge in [-0.1, -0.05) is 71.0 Å². The van der Waals surface area contributed by atoms with E-state index >= 15 is 0 Å². The molecule has 6 heteroatoms. The van der Waals surface area contributed by atoms with Crippen LogP contribution in [0.4, 0.5) is 4.79 Å². The number of likely N-dealkylation sites (N-methyl/N-ethyl adjacent to an activating group) is 1. The van der Waals surface area contributed by atoms with Crippen molar-refractivity contribution in [1.82, 2.24) is 9.80 Å². The van der Waals surface area contributed by atoms with E-state index < -0.39 is 11.6 Å². The second-order valence-electron chi connectivity index (χ2n) is 12.9. The Kier molecular flexibility index (Phi) is 9.74.